The lowest BCUT2D eigenvalue weighted by Gasteiger charge is -2.32. The van der Waals surface area contributed by atoms with Gasteiger partial charge in [-0.05, 0) is 47.7 Å². The minimum Gasteiger partial charge on any atom is -0.350 e. The quantitative estimate of drug-likeness (QED) is 0.223. The predicted octanol–water partition coefficient (Wildman–Crippen LogP) is 5.31. The van der Waals surface area contributed by atoms with E-state index in [0.29, 0.717) is 19.5 Å². The number of carbonyl (C=O) groups is 2. The third-order valence-corrected chi connectivity index (χ3v) is 8.54. The molecule has 218 valence electrons. The maximum Gasteiger partial charge on any atom is 0.247 e. The molecule has 0 aliphatic heterocycles. The third kappa shape index (κ3) is 8.38. The molecule has 0 spiro atoms. The van der Waals surface area contributed by atoms with E-state index in [0.717, 1.165) is 27.8 Å². The molecule has 8 heteroatoms. The van der Waals surface area contributed by atoms with E-state index >= 15 is 0 Å². The molecule has 1 unspecified atom stereocenters. The normalized spacial score (nSPS) is 12.0. The van der Waals surface area contributed by atoms with Gasteiger partial charge in [-0.3, -0.25) is 9.59 Å². The molecule has 0 aliphatic carbocycles. The van der Waals surface area contributed by atoms with Crippen LogP contribution in [0.1, 0.15) is 47.2 Å². The molecule has 0 saturated carbocycles. The first kappa shape index (κ1) is 30.7. The molecule has 0 aliphatic rings. The van der Waals surface area contributed by atoms with E-state index in [1.165, 1.54) is 0 Å². The summed E-state index contributed by atoms with van der Waals surface area (Å²) in [6, 6.07) is 32.6. The van der Waals surface area contributed by atoms with Crippen molar-refractivity contribution in [2.75, 3.05) is 6.54 Å². The second-order valence-corrected chi connectivity index (χ2v) is 11.9. The number of rotatable bonds is 13. The van der Waals surface area contributed by atoms with Crippen molar-refractivity contribution < 1.29 is 18.0 Å². The predicted molar refractivity (Wildman–Crippen MR) is 165 cm³/mol. The van der Waals surface area contributed by atoms with E-state index in [4.69, 9.17) is 0 Å². The van der Waals surface area contributed by atoms with Crippen LogP contribution in [0.25, 0.3) is 0 Å². The van der Waals surface area contributed by atoms with Crippen LogP contribution < -0.4 is 10.0 Å². The van der Waals surface area contributed by atoms with E-state index in [2.05, 4.69) is 10.0 Å². The van der Waals surface area contributed by atoms with Crippen LogP contribution in [0, 0.1) is 6.92 Å². The highest BCUT2D eigenvalue weighted by Gasteiger charge is 2.31. The van der Waals surface area contributed by atoms with Crippen LogP contribution in [-0.4, -0.2) is 31.7 Å². The number of carbonyl (C=O) groups excluding carboxylic acids is 2. The molecule has 4 aromatic carbocycles. The molecule has 1 atom stereocenters. The summed E-state index contributed by atoms with van der Waals surface area (Å²) >= 11 is 0. The van der Waals surface area contributed by atoms with Crippen molar-refractivity contribution in [2.24, 2.45) is 0 Å². The molecule has 4 aromatic rings. The Labute approximate surface area is 248 Å². The van der Waals surface area contributed by atoms with Gasteiger partial charge in [0.1, 0.15) is 6.04 Å². The van der Waals surface area contributed by atoms with Crippen molar-refractivity contribution in [3.63, 3.8) is 0 Å². The van der Waals surface area contributed by atoms with E-state index in [1.807, 2.05) is 91.9 Å². The first-order valence-electron chi connectivity index (χ1n) is 14.1. The van der Waals surface area contributed by atoms with Gasteiger partial charge in [-0.2, -0.15) is 0 Å². The molecule has 0 heterocycles. The molecule has 7 nitrogen and oxygen atoms in total. The number of benzene rings is 4. The number of amides is 2. The summed E-state index contributed by atoms with van der Waals surface area (Å²) in [6.07, 6.45) is 0.554. The van der Waals surface area contributed by atoms with Crippen LogP contribution in [0.2, 0.25) is 0 Å². The third-order valence-electron chi connectivity index (χ3n) is 6.97. The highest BCUT2D eigenvalue weighted by molar-refractivity contribution is 7.89. The van der Waals surface area contributed by atoms with Gasteiger partial charge in [0, 0.05) is 26.1 Å². The molecule has 0 fully saturated rings. The number of hydrogen-bond donors (Lipinski definition) is 2. The van der Waals surface area contributed by atoms with Crippen LogP contribution >= 0.6 is 0 Å². The summed E-state index contributed by atoms with van der Waals surface area (Å²) in [5, 5.41) is 3.05. The van der Waals surface area contributed by atoms with Gasteiger partial charge in [-0.1, -0.05) is 110 Å². The molecular formula is C34H37N3O4S. The molecule has 2 N–H and O–H groups in total. The van der Waals surface area contributed by atoms with E-state index in [9.17, 15) is 18.0 Å². The number of nitrogens with one attached hydrogen (secondary N) is 2. The summed E-state index contributed by atoms with van der Waals surface area (Å²) in [7, 11) is -3.56. The first-order chi connectivity index (χ1) is 20.3. The Morgan fingerprint density at radius 3 is 1.98 bits per heavy atom. The fourth-order valence-electron chi connectivity index (χ4n) is 4.71. The fraction of sp³-hybridized carbons (Fsp3) is 0.235. The average molecular weight is 584 g/mol. The summed E-state index contributed by atoms with van der Waals surface area (Å²) in [4.78, 5) is 29.5. The number of sulfonamides is 1. The van der Waals surface area contributed by atoms with Gasteiger partial charge in [0.05, 0.1) is 4.90 Å². The SMILES string of the molecule is CCNS(=O)(=O)c1ccc(CCC(=O)N(Cc2ccccc2)C(C(=O)NCc2ccc(C)cc2)c2ccccc2)cc1. The van der Waals surface area contributed by atoms with Gasteiger partial charge in [-0.25, -0.2) is 13.1 Å². The molecule has 2 amide bonds. The van der Waals surface area contributed by atoms with E-state index in [-0.39, 0.29) is 29.7 Å². The van der Waals surface area contributed by atoms with Crippen LogP contribution in [-0.2, 0) is 39.1 Å². The Kier molecular flexibility index (Phi) is 10.6. The Morgan fingerprint density at radius 2 is 1.36 bits per heavy atom. The van der Waals surface area contributed by atoms with Crippen LogP contribution in [0.15, 0.2) is 114 Å². The fourth-order valence-corrected chi connectivity index (χ4v) is 5.75. The minimum atomic E-state index is -3.56. The summed E-state index contributed by atoms with van der Waals surface area (Å²) in [5.74, 6) is -0.438. The zero-order valence-corrected chi connectivity index (χ0v) is 24.8. The second-order valence-electron chi connectivity index (χ2n) is 10.2. The smallest absolute Gasteiger partial charge is 0.247 e. The van der Waals surface area contributed by atoms with Crippen molar-refractivity contribution in [1.82, 2.24) is 14.9 Å². The van der Waals surface area contributed by atoms with Crippen molar-refractivity contribution in [1.29, 1.82) is 0 Å². The highest BCUT2D eigenvalue weighted by Crippen LogP contribution is 2.25. The maximum absolute atomic E-state index is 13.9. The summed E-state index contributed by atoms with van der Waals surface area (Å²) in [5.41, 5.74) is 4.58. The number of hydrogen-bond acceptors (Lipinski definition) is 4. The average Bonchev–Trinajstić information content (AvgIpc) is 3.00. The number of aryl methyl sites for hydroxylation is 2. The first-order valence-corrected chi connectivity index (χ1v) is 15.6. The van der Waals surface area contributed by atoms with Crippen LogP contribution in [0.5, 0.6) is 0 Å². The lowest BCUT2D eigenvalue weighted by Crippen LogP contribution is -2.43. The van der Waals surface area contributed by atoms with Crippen molar-refractivity contribution in [3.8, 4) is 0 Å². The largest absolute Gasteiger partial charge is 0.350 e. The summed E-state index contributed by atoms with van der Waals surface area (Å²) in [6.45, 7) is 4.65. The van der Waals surface area contributed by atoms with Gasteiger partial charge in [0.25, 0.3) is 0 Å². The van der Waals surface area contributed by atoms with Gasteiger partial charge < -0.3 is 10.2 Å². The standard InChI is InChI=1S/C34H37N3O4S/c1-3-36-42(40,41)31-21-18-27(19-22-31)20-23-32(38)37(25-29-10-6-4-7-11-29)33(30-12-8-5-9-13-30)34(39)35-24-28-16-14-26(2)15-17-28/h4-19,21-22,33,36H,3,20,23-25H2,1-2H3,(H,35,39). The summed E-state index contributed by atoms with van der Waals surface area (Å²) < 4.78 is 27.1. The van der Waals surface area contributed by atoms with Crippen molar-refractivity contribution in [2.45, 2.75) is 50.7 Å². The van der Waals surface area contributed by atoms with Crippen LogP contribution in [0.3, 0.4) is 0 Å². The lowest BCUT2D eigenvalue weighted by atomic mass is 10.0. The minimum absolute atomic E-state index is 0.153. The zero-order chi connectivity index (χ0) is 30.0. The van der Waals surface area contributed by atoms with Gasteiger partial charge >= 0.3 is 0 Å². The molecule has 4 rings (SSSR count). The van der Waals surface area contributed by atoms with Gasteiger partial charge in [0.15, 0.2) is 0 Å². The zero-order valence-electron chi connectivity index (χ0n) is 24.0. The van der Waals surface area contributed by atoms with E-state index < -0.39 is 16.1 Å². The molecule has 0 saturated heterocycles. The molecule has 0 aromatic heterocycles. The Hall–Kier alpha value is -4.27. The van der Waals surface area contributed by atoms with E-state index in [1.54, 1.807) is 36.1 Å². The Morgan fingerprint density at radius 1 is 0.762 bits per heavy atom. The monoisotopic (exact) mass is 583 g/mol. The topological polar surface area (TPSA) is 95.6 Å². The van der Waals surface area contributed by atoms with Crippen LogP contribution in [0.4, 0.5) is 0 Å². The Balaban J connectivity index is 1.58. The van der Waals surface area contributed by atoms with Crippen molar-refractivity contribution in [3.05, 3.63) is 137 Å². The molecule has 42 heavy (non-hydrogen) atoms. The lowest BCUT2D eigenvalue weighted by molar-refractivity contribution is -0.141. The number of nitrogens with zero attached hydrogens (tertiary/aromatic N) is 1. The van der Waals surface area contributed by atoms with Gasteiger partial charge in [0.2, 0.25) is 21.8 Å². The second kappa shape index (κ2) is 14.6. The molecule has 0 radical (unpaired) electrons. The molecule has 0 bridgehead atoms. The molecular weight excluding hydrogens is 546 g/mol. The van der Waals surface area contributed by atoms with Crippen molar-refractivity contribution >= 4 is 21.8 Å². The van der Waals surface area contributed by atoms with Gasteiger partial charge in [-0.15, -0.1) is 0 Å². The Bertz CT molecular complexity index is 1560. The maximum atomic E-state index is 13.9. The highest BCUT2D eigenvalue weighted by atomic mass is 32.2.